The number of hydrogen-bond donors (Lipinski definition) is 1. The van der Waals surface area contributed by atoms with E-state index in [9.17, 15) is 18.7 Å². The van der Waals surface area contributed by atoms with Gasteiger partial charge in [-0.1, -0.05) is 5.92 Å². The van der Waals surface area contributed by atoms with Crippen molar-refractivity contribution < 1.29 is 32.9 Å². The number of halogens is 2. The lowest BCUT2D eigenvalue weighted by Crippen LogP contribution is -2.26. The molecule has 0 fully saturated rings. The summed E-state index contributed by atoms with van der Waals surface area (Å²) in [6.45, 7) is 2.46. The number of Topliss-reactive ketones (excluding diaryl/α,β-unsaturated/α-hetero) is 1. The molecule has 1 aromatic heterocycles. The van der Waals surface area contributed by atoms with Gasteiger partial charge < -0.3 is 19.3 Å². The molecule has 0 radical (unpaired) electrons. The molecule has 37 heavy (non-hydrogen) atoms. The minimum atomic E-state index is -1.73. The van der Waals surface area contributed by atoms with Gasteiger partial charge in [-0.05, 0) is 67.9 Å². The molecule has 0 amide bonds. The molecule has 0 aliphatic heterocycles. The number of ketones is 1. The maximum absolute atomic E-state index is 13.8. The first kappa shape index (κ1) is 27.6. The SMILES string of the molecule is CC#CC(O)(CCC(=O)c1ccc(OCCF)c(OC)c1)c1ccc(OC)c(-c2ccc(F)c(C)c2)n1. The fraction of sp³-hybridized carbons (Fsp3) is 0.310. The van der Waals surface area contributed by atoms with Crippen molar-refractivity contribution in [3.8, 4) is 40.3 Å². The predicted octanol–water partition coefficient (Wildman–Crippen LogP) is 5.44. The summed E-state index contributed by atoms with van der Waals surface area (Å²) in [5, 5.41) is 11.5. The van der Waals surface area contributed by atoms with Crippen molar-refractivity contribution in [1.29, 1.82) is 0 Å². The van der Waals surface area contributed by atoms with E-state index >= 15 is 0 Å². The number of pyridine rings is 1. The second-order valence-electron chi connectivity index (χ2n) is 8.27. The first-order valence-electron chi connectivity index (χ1n) is 11.6. The fourth-order valence-corrected chi connectivity index (χ4v) is 3.85. The third-order valence-electron chi connectivity index (χ3n) is 5.80. The van der Waals surface area contributed by atoms with Crippen molar-refractivity contribution in [1.82, 2.24) is 4.98 Å². The molecule has 0 saturated carbocycles. The first-order valence-corrected chi connectivity index (χ1v) is 11.6. The Hall–Kier alpha value is -3.96. The summed E-state index contributed by atoms with van der Waals surface area (Å²) < 4.78 is 42.3. The van der Waals surface area contributed by atoms with E-state index in [2.05, 4.69) is 16.8 Å². The van der Waals surface area contributed by atoms with Crippen LogP contribution in [0.5, 0.6) is 17.2 Å². The number of aryl methyl sites for hydroxylation is 1. The predicted molar refractivity (Wildman–Crippen MR) is 136 cm³/mol. The lowest BCUT2D eigenvalue weighted by Gasteiger charge is -2.23. The molecule has 0 bridgehead atoms. The van der Waals surface area contributed by atoms with Crippen molar-refractivity contribution in [2.24, 2.45) is 0 Å². The number of carbonyl (C=O) groups is 1. The number of aliphatic hydroxyl groups is 1. The molecule has 8 heteroatoms. The van der Waals surface area contributed by atoms with E-state index in [1.54, 1.807) is 50.2 Å². The van der Waals surface area contributed by atoms with Crippen LogP contribution in [0.4, 0.5) is 8.78 Å². The minimum Gasteiger partial charge on any atom is -0.494 e. The highest BCUT2D eigenvalue weighted by Gasteiger charge is 2.31. The number of alkyl halides is 1. The van der Waals surface area contributed by atoms with E-state index in [0.29, 0.717) is 39.6 Å². The molecule has 1 atom stereocenters. The smallest absolute Gasteiger partial charge is 0.168 e. The third kappa shape index (κ3) is 6.43. The summed E-state index contributed by atoms with van der Waals surface area (Å²) in [6.07, 6.45) is -0.0754. The van der Waals surface area contributed by atoms with Crippen molar-refractivity contribution in [3.05, 3.63) is 71.2 Å². The maximum atomic E-state index is 13.8. The van der Waals surface area contributed by atoms with E-state index in [0.717, 1.165) is 0 Å². The largest absolute Gasteiger partial charge is 0.494 e. The molecule has 0 aliphatic carbocycles. The molecule has 2 aromatic carbocycles. The first-order chi connectivity index (χ1) is 17.8. The molecular formula is C29H29F2NO5. The van der Waals surface area contributed by atoms with Crippen LogP contribution >= 0.6 is 0 Å². The quantitative estimate of drug-likeness (QED) is 0.274. The maximum Gasteiger partial charge on any atom is 0.168 e. The number of nitrogens with zero attached hydrogens (tertiary/aromatic N) is 1. The number of carbonyl (C=O) groups excluding carboxylic acids is 1. The fourth-order valence-electron chi connectivity index (χ4n) is 3.85. The lowest BCUT2D eigenvalue weighted by atomic mass is 9.90. The number of hydrogen-bond acceptors (Lipinski definition) is 6. The van der Waals surface area contributed by atoms with Gasteiger partial charge in [0.15, 0.2) is 22.9 Å². The molecule has 1 N–H and O–H groups in total. The molecule has 1 heterocycles. The highest BCUT2D eigenvalue weighted by Crippen LogP contribution is 2.34. The van der Waals surface area contributed by atoms with E-state index < -0.39 is 12.3 Å². The number of rotatable bonds is 11. The molecular weight excluding hydrogens is 480 g/mol. The van der Waals surface area contributed by atoms with Gasteiger partial charge in [0, 0.05) is 24.0 Å². The van der Waals surface area contributed by atoms with Crippen molar-refractivity contribution >= 4 is 5.78 Å². The van der Waals surface area contributed by atoms with Gasteiger partial charge in [-0.25, -0.2) is 13.8 Å². The summed E-state index contributed by atoms with van der Waals surface area (Å²) in [5.74, 6) is 5.98. The summed E-state index contributed by atoms with van der Waals surface area (Å²) in [5.41, 5.74) is 0.329. The highest BCUT2D eigenvalue weighted by molar-refractivity contribution is 5.96. The molecule has 0 spiro atoms. The monoisotopic (exact) mass is 509 g/mol. The average molecular weight is 510 g/mol. The van der Waals surface area contributed by atoms with Crippen LogP contribution in [0.3, 0.4) is 0 Å². The molecule has 1 unspecified atom stereocenters. The molecule has 3 rings (SSSR count). The van der Waals surface area contributed by atoms with Gasteiger partial charge in [-0.2, -0.15) is 0 Å². The summed E-state index contributed by atoms with van der Waals surface area (Å²) in [7, 11) is 2.92. The van der Waals surface area contributed by atoms with Crippen LogP contribution in [0.1, 0.15) is 41.4 Å². The average Bonchev–Trinajstić information content (AvgIpc) is 2.91. The Labute approximate surface area is 215 Å². The molecule has 0 saturated heterocycles. The van der Waals surface area contributed by atoms with Crippen LogP contribution in [0, 0.1) is 24.6 Å². The Morgan fingerprint density at radius 1 is 1.05 bits per heavy atom. The van der Waals surface area contributed by atoms with Crippen LogP contribution < -0.4 is 14.2 Å². The van der Waals surface area contributed by atoms with Crippen LogP contribution in [-0.4, -0.2) is 43.4 Å². The van der Waals surface area contributed by atoms with Gasteiger partial charge in [0.2, 0.25) is 0 Å². The second-order valence-corrected chi connectivity index (χ2v) is 8.27. The van der Waals surface area contributed by atoms with Crippen LogP contribution in [0.25, 0.3) is 11.3 Å². The number of benzene rings is 2. The number of ether oxygens (including phenoxy) is 3. The lowest BCUT2D eigenvalue weighted by molar-refractivity contribution is 0.0735. The van der Waals surface area contributed by atoms with Crippen molar-refractivity contribution in [2.75, 3.05) is 27.5 Å². The summed E-state index contributed by atoms with van der Waals surface area (Å²) >= 11 is 0. The topological polar surface area (TPSA) is 77.9 Å². The van der Waals surface area contributed by atoms with E-state index in [1.807, 2.05) is 0 Å². The zero-order valence-corrected chi connectivity index (χ0v) is 21.2. The van der Waals surface area contributed by atoms with Crippen LogP contribution in [-0.2, 0) is 5.60 Å². The number of aromatic nitrogens is 1. The van der Waals surface area contributed by atoms with Crippen LogP contribution in [0.2, 0.25) is 0 Å². The second kappa shape index (κ2) is 12.3. The van der Waals surface area contributed by atoms with Crippen molar-refractivity contribution in [3.63, 3.8) is 0 Å². The van der Waals surface area contributed by atoms with Crippen LogP contribution in [0.15, 0.2) is 48.5 Å². The third-order valence-corrected chi connectivity index (χ3v) is 5.80. The Balaban J connectivity index is 1.90. The van der Waals surface area contributed by atoms with Gasteiger partial charge in [0.05, 0.1) is 19.9 Å². The Morgan fingerprint density at radius 3 is 2.43 bits per heavy atom. The van der Waals surface area contributed by atoms with E-state index in [1.165, 1.54) is 26.4 Å². The molecule has 6 nitrogen and oxygen atoms in total. The minimum absolute atomic E-state index is 0.0314. The summed E-state index contributed by atoms with van der Waals surface area (Å²) in [6, 6.07) is 12.4. The Morgan fingerprint density at radius 2 is 1.78 bits per heavy atom. The van der Waals surface area contributed by atoms with Gasteiger partial charge in [-0.3, -0.25) is 4.79 Å². The van der Waals surface area contributed by atoms with Gasteiger partial charge in [0.1, 0.15) is 30.5 Å². The number of methoxy groups -OCH3 is 2. The highest BCUT2D eigenvalue weighted by atomic mass is 19.1. The molecule has 194 valence electrons. The molecule has 3 aromatic rings. The van der Waals surface area contributed by atoms with Gasteiger partial charge >= 0.3 is 0 Å². The standard InChI is InChI=1S/C29H29F2NO5/c1-5-13-29(34,14-12-23(33)20-7-9-24(37-16-15-30)26(18-20)36-4)27-11-10-25(35-3)28(32-27)21-6-8-22(31)19(2)17-21/h6-11,17-18,34H,12,14-16H2,1-4H3. The zero-order chi connectivity index (χ0) is 27.0. The van der Waals surface area contributed by atoms with E-state index in [4.69, 9.17) is 14.2 Å². The summed E-state index contributed by atoms with van der Waals surface area (Å²) in [4.78, 5) is 17.6. The molecule has 0 aliphatic rings. The normalized spacial score (nSPS) is 12.2. The zero-order valence-electron chi connectivity index (χ0n) is 21.2. The van der Waals surface area contributed by atoms with Gasteiger partial charge in [0.25, 0.3) is 0 Å². The van der Waals surface area contributed by atoms with Crippen molar-refractivity contribution in [2.45, 2.75) is 32.3 Å². The Kier molecular flexibility index (Phi) is 9.20. The Bertz CT molecular complexity index is 1330. The van der Waals surface area contributed by atoms with E-state index in [-0.39, 0.29) is 36.7 Å². The van der Waals surface area contributed by atoms with Gasteiger partial charge in [-0.15, -0.1) is 5.92 Å².